The molecule has 1 aliphatic heterocycles. The van der Waals surface area contributed by atoms with E-state index in [1.807, 2.05) is 23.1 Å². The third-order valence-electron chi connectivity index (χ3n) is 3.95. The summed E-state index contributed by atoms with van der Waals surface area (Å²) in [5.41, 5.74) is 1.01. The normalized spacial score (nSPS) is 17.0. The van der Waals surface area contributed by atoms with Crippen LogP contribution < -0.4 is 14.8 Å². The third kappa shape index (κ3) is 5.01. The monoisotopic (exact) mass is 358 g/mol. The highest BCUT2D eigenvalue weighted by Gasteiger charge is 2.29. The Hall–Kier alpha value is -1.99. The van der Waals surface area contributed by atoms with Crippen LogP contribution in [0, 0.1) is 0 Å². The number of hydrogen-bond acceptors (Lipinski definition) is 5. The van der Waals surface area contributed by atoms with Gasteiger partial charge in [-0.3, -0.25) is 14.5 Å². The van der Waals surface area contributed by atoms with Crippen LogP contribution in [-0.2, 0) is 9.59 Å². The Morgan fingerprint density at radius 3 is 2.71 bits per heavy atom. The molecule has 7 nitrogen and oxygen atoms in total. The molecule has 1 heterocycles. The lowest BCUT2D eigenvalue weighted by atomic mass is 10.0. The minimum absolute atomic E-state index is 0. The van der Waals surface area contributed by atoms with Crippen LogP contribution in [0.2, 0.25) is 0 Å². The molecule has 0 aromatic heterocycles. The fraction of sp³-hybridized carbons (Fsp3) is 0.500. The smallest absolute Gasteiger partial charge is 0.322 e. The third-order valence-corrected chi connectivity index (χ3v) is 3.95. The summed E-state index contributed by atoms with van der Waals surface area (Å²) in [7, 11) is 3.21. The van der Waals surface area contributed by atoms with Crippen molar-refractivity contribution < 1.29 is 24.2 Å². The highest BCUT2D eigenvalue weighted by atomic mass is 35.5. The van der Waals surface area contributed by atoms with Crippen LogP contribution in [0.5, 0.6) is 11.5 Å². The van der Waals surface area contributed by atoms with Gasteiger partial charge in [-0.15, -0.1) is 12.4 Å². The predicted octanol–water partition coefficient (Wildman–Crippen LogP) is 1.46. The zero-order valence-corrected chi connectivity index (χ0v) is 14.6. The number of carbonyl (C=O) groups excluding carboxylic acids is 1. The summed E-state index contributed by atoms with van der Waals surface area (Å²) >= 11 is 0. The van der Waals surface area contributed by atoms with Crippen molar-refractivity contribution in [2.24, 2.45) is 0 Å². The molecule has 24 heavy (non-hydrogen) atoms. The summed E-state index contributed by atoms with van der Waals surface area (Å²) in [4.78, 5) is 24.4. The van der Waals surface area contributed by atoms with E-state index in [1.54, 1.807) is 14.2 Å². The van der Waals surface area contributed by atoms with Gasteiger partial charge in [0.05, 0.1) is 20.8 Å². The first kappa shape index (κ1) is 20.1. The molecule has 1 aromatic carbocycles. The van der Waals surface area contributed by atoms with Crippen molar-refractivity contribution in [2.75, 3.05) is 33.9 Å². The second kappa shape index (κ2) is 9.34. The van der Waals surface area contributed by atoms with Crippen LogP contribution in [0.4, 0.5) is 0 Å². The molecular weight excluding hydrogens is 336 g/mol. The van der Waals surface area contributed by atoms with Gasteiger partial charge in [-0.25, -0.2) is 0 Å². The molecule has 1 atom stereocenters. The average molecular weight is 359 g/mol. The maximum absolute atomic E-state index is 11.9. The van der Waals surface area contributed by atoms with Crippen LogP contribution in [0.25, 0.3) is 0 Å². The van der Waals surface area contributed by atoms with Crippen LogP contribution in [0.3, 0.4) is 0 Å². The van der Waals surface area contributed by atoms with Crippen LogP contribution in [0.1, 0.15) is 24.4 Å². The van der Waals surface area contributed by atoms with E-state index in [2.05, 4.69) is 5.32 Å². The minimum atomic E-state index is -1.05. The van der Waals surface area contributed by atoms with Crippen molar-refractivity contribution in [3.05, 3.63) is 23.8 Å². The van der Waals surface area contributed by atoms with Gasteiger partial charge in [-0.1, -0.05) is 6.07 Å². The van der Waals surface area contributed by atoms with Gasteiger partial charge in [-0.2, -0.15) is 0 Å². The van der Waals surface area contributed by atoms with E-state index < -0.39 is 5.97 Å². The van der Waals surface area contributed by atoms with Gasteiger partial charge in [0.15, 0.2) is 0 Å². The number of methoxy groups -OCH3 is 2. The van der Waals surface area contributed by atoms with E-state index >= 15 is 0 Å². The van der Waals surface area contributed by atoms with Crippen molar-refractivity contribution in [1.29, 1.82) is 0 Å². The van der Waals surface area contributed by atoms with Crippen molar-refractivity contribution >= 4 is 24.3 Å². The first-order valence-corrected chi connectivity index (χ1v) is 7.49. The number of nitrogens with one attached hydrogen (secondary N) is 1. The standard InChI is InChI=1S/C16H22N2O5.ClH/c1-22-11-5-6-12(14(8-11)23-2)13-4-3-7-18(13)10-15(19)17-9-16(20)21;/h5-6,8,13H,3-4,7,9-10H2,1-2H3,(H,17,19)(H,20,21);1H. The van der Waals surface area contributed by atoms with Crippen LogP contribution >= 0.6 is 12.4 Å². The second-order valence-corrected chi connectivity index (χ2v) is 5.41. The number of halogens is 1. The number of amides is 1. The molecule has 0 saturated carbocycles. The number of carbonyl (C=O) groups is 2. The molecule has 1 fully saturated rings. The zero-order valence-electron chi connectivity index (χ0n) is 13.8. The summed E-state index contributed by atoms with van der Waals surface area (Å²) in [5, 5.41) is 11.0. The number of ether oxygens (including phenoxy) is 2. The molecular formula is C16H23ClN2O5. The zero-order chi connectivity index (χ0) is 16.8. The van der Waals surface area contributed by atoms with Gasteiger partial charge in [0.25, 0.3) is 0 Å². The highest BCUT2D eigenvalue weighted by molar-refractivity contribution is 5.85. The molecule has 0 radical (unpaired) electrons. The van der Waals surface area contributed by atoms with E-state index in [1.165, 1.54) is 0 Å². The van der Waals surface area contributed by atoms with Crippen LogP contribution in [0.15, 0.2) is 18.2 Å². The summed E-state index contributed by atoms with van der Waals surface area (Å²) in [6.07, 6.45) is 1.90. The van der Waals surface area contributed by atoms with E-state index in [4.69, 9.17) is 14.6 Å². The Labute approximate surface area is 147 Å². The minimum Gasteiger partial charge on any atom is -0.497 e. The number of carboxylic acids is 1. The van der Waals surface area contributed by atoms with Crippen molar-refractivity contribution in [1.82, 2.24) is 10.2 Å². The Bertz CT molecular complexity index is 582. The number of rotatable bonds is 7. The molecule has 0 aliphatic carbocycles. The summed E-state index contributed by atoms with van der Waals surface area (Å²) in [6, 6.07) is 5.73. The maximum atomic E-state index is 11.9. The number of hydrogen-bond donors (Lipinski definition) is 2. The Morgan fingerprint density at radius 2 is 2.08 bits per heavy atom. The summed E-state index contributed by atoms with van der Waals surface area (Å²) < 4.78 is 10.7. The van der Waals surface area contributed by atoms with Crippen LogP contribution in [-0.4, -0.2) is 55.7 Å². The summed E-state index contributed by atoms with van der Waals surface area (Å²) in [5.74, 6) is 0.112. The van der Waals surface area contributed by atoms with Gasteiger partial charge < -0.3 is 19.9 Å². The predicted molar refractivity (Wildman–Crippen MR) is 91.0 cm³/mol. The Kier molecular flexibility index (Phi) is 7.81. The SMILES string of the molecule is COc1ccc(C2CCCN2CC(=O)NCC(=O)O)c(OC)c1.Cl. The molecule has 8 heteroatoms. The van der Waals surface area contributed by atoms with Crippen molar-refractivity contribution in [3.63, 3.8) is 0 Å². The fourth-order valence-electron chi connectivity index (χ4n) is 2.88. The molecule has 2 rings (SSSR count). The first-order valence-electron chi connectivity index (χ1n) is 7.49. The number of nitrogens with zero attached hydrogens (tertiary/aromatic N) is 1. The Balaban J connectivity index is 0.00000288. The number of carboxylic acid groups (broad SMARTS) is 1. The lowest BCUT2D eigenvalue weighted by Crippen LogP contribution is -2.39. The molecule has 1 saturated heterocycles. The van der Waals surface area contributed by atoms with E-state index in [-0.39, 0.29) is 37.4 Å². The molecule has 1 unspecified atom stereocenters. The highest BCUT2D eigenvalue weighted by Crippen LogP contribution is 2.38. The van der Waals surface area contributed by atoms with E-state index in [0.29, 0.717) is 5.75 Å². The molecule has 134 valence electrons. The van der Waals surface area contributed by atoms with E-state index in [9.17, 15) is 9.59 Å². The fourth-order valence-corrected chi connectivity index (χ4v) is 2.88. The first-order chi connectivity index (χ1) is 11.0. The lowest BCUT2D eigenvalue weighted by Gasteiger charge is -2.25. The molecule has 0 bridgehead atoms. The van der Waals surface area contributed by atoms with Crippen molar-refractivity contribution in [2.45, 2.75) is 18.9 Å². The van der Waals surface area contributed by atoms with E-state index in [0.717, 1.165) is 30.7 Å². The number of benzene rings is 1. The average Bonchev–Trinajstić information content (AvgIpc) is 3.00. The van der Waals surface area contributed by atoms with Gasteiger partial charge in [0.1, 0.15) is 18.0 Å². The quantitative estimate of drug-likeness (QED) is 0.767. The molecule has 1 amide bonds. The second-order valence-electron chi connectivity index (χ2n) is 5.41. The molecule has 1 aromatic rings. The number of likely N-dealkylation sites (tertiary alicyclic amines) is 1. The summed E-state index contributed by atoms with van der Waals surface area (Å²) in [6.45, 7) is 0.608. The van der Waals surface area contributed by atoms with Gasteiger partial charge >= 0.3 is 5.97 Å². The van der Waals surface area contributed by atoms with Gasteiger partial charge in [0.2, 0.25) is 5.91 Å². The largest absolute Gasteiger partial charge is 0.497 e. The maximum Gasteiger partial charge on any atom is 0.322 e. The molecule has 2 N–H and O–H groups in total. The van der Waals surface area contributed by atoms with Gasteiger partial charge in [-0.05, 0) is 25.5 Å². The van der Waals surface area contributed by atoms with Gasteiger partial charge in [0, 0.05) is 17.7 Å². The topological polar surface area (TPSA) is 88.1 Å². The Morgan fingerprint density at radius 1 is 1.33 bits per heavy atom. The molecule has 1 aliphatic rings. The number of aliphatic carboxylic acids is 1. The van der Waals surface area contributed by atoms with Crippen molar-refractivity contribution in [3.8, 4) is 11.5 Å². The lowest BCUT2D eigenvalue weighted by molar-refractivity contribution is -0.138. The molecule has 0 spiro atoms.